The zero-order valence-corrected chi connectivity index (χ0v) is 14.7. The highest BCUT2D eigenvalue weighted by Gasteiger charge is 2.32. The van der Waals surface area contributed by atoms with E-state index in [9.17, 15) is 8.42 Å². The van der Waals surface area contributed by atoms with Crippen LogP contribution in [0.3, 0.4) is 0 Å². The Kier molecular flexibility index (Phi) is 4.71. The first-order valence-corrected chi connectivity index (χ1v) is 9.44. The number of halogens is 1. The number of nitrogens with one attached hydrogen (secondary N) is 1. The Balaban J connectivity index is 2.11. The minimum absolute atomic E-state index is 0.127. The molecule has 2 heterocycles. The highest BCUT2D eigenvalue weighted by molar-refractivity contribution is 7.91. The molecule has 0 spiro atoms. The van der Waals surface area contributed by atoms with Crippen LogP contribution in [0.1, 0.15) is 44.5 Å². The van der Waals surface area contributed by atoms with Crippen LogP contribution < -0.4 is 5.32 Å². The molecule has 2 rings (SSSR count). The van der Waals surface area contributed by atoms with Gasteiger partial charge in [0.15, 0.2) is 9.84 Å². The van der Waals surface area contributed by atoms with Crippen molar-refractivity contribution >= 4 is 21.4 Å². The van der Waals surface area contributed by atoms with Crippen LogP contribution in [0.25, 0.3) is 0 Å². The van der Waals surface area contributed by atoms with Crippen LogP contribution in [-0.2, 0) is 16.4 Å². The maximum Gasteiger partial charge on any atom is 0.152 e. The zero-order valence-electron chi connectivity index (χ0n) is 13.1. The number of hydrogen-bond acceptors (Lipinski definition) is 4. The molecule has 120 valence electrons. The Morgan fingerprint density at radius 3 is 2.62 bits per heavy atom. The van der Waals surface area contributed by atoms with Crippen molar-refractivity contribution in [3.05, 3.63) is 16.4 Å². The van der Waals surface area contributed by atoms with Crippen molar-refractivity contribution in [1.82, 2.24) is 15.1 Å². The summed E-state index contributed by atoms with van der Waals surface area (Å²) in [6.45, 7) is 9.96. The van der Waals surface area contributed by atoms with Gasteiger partial charge in [-0.2, -0.15) is 5.10 Å². The first kappa shape index (κ1) is 16.8. The van der Waals surface area contributed by atoms with Gasteiger partial charge < -0.3 is 5.32 Å². The second-order valence-corrected chi connectivity index (χ2v) is 9.61. The van der Waals surface area contributed by atoms with E-state index < -0.39 is 9.84 Å². The molecule has 1 atom stereocenters. The van der Waals surface area contributed by atoms with Gasteiger partial charge in [0.25, 0.3) is 0 Å². The average Bonchev–Trinajstić information content (AvgIpc) is 2.81. The van der Waals surface area contributed by atoms with Crippen molar-refractivity contribution in [3.63, 3.8) is 0 Å². The van der Waals surface area contributed by atoms with Gasteiger partial charge in [0, 0.05) is 18.7 Å². The number of rotatable bonds is 4. The van der Waals surface area contributed by atoms with Crippen LogP contribution in [0.5, 0.6) is 0 Å². The van der Waals surface area contributed by atoms with Gasteiger partial charge in [0.05, 0.1) is 23.2 Å². The van der Waals surface area contributed by atoms with Crippen LogP contribution in [0, 0.1) is 12.3 Å². The van der Waals surface area contributed by atoms with Crippen molar-refractivity contribution < 1.29 is 8.42 Å². The third-order valence-electron chi connectivity index (χ3n) is 3.66. The van der Waals surface area contributed by atoms with Crippen molar-refractivity contribution in [2.75, 3.05) is 18.1 Å². The molecule has 1 N–H and O–H groups in total. The quantitative estimate of drug-likeness (QED) is 0.918. The second kappa shape index (κ2) is 5.89. The number of aromatic nitrogens is 2. The van der Waals surface area contributed by atoms with Gasteiger partial charge >= 0.3 is 0 Å². The van der Waals surface area contributed by atoms with Crippen molar-refractivity contribution in [2.24, 2.45) is 5.41 Å². The van der Waals surface area contributed by atoms with E-state index in [1.54, 1.807) is 4.68 Å². The standard InChI is InChI=1S/C14H24ClN3O2S/c1-10-12(7-16-9-14(2,3)4)13(15)18(17-10)11-5-6-21(19,20)8-11/h11,16H,5-9H2,1-4H3/t11-/m0/s1. The third-order valence-corrected chi connectivity index (χ3v) is 5.81. The monoisotopic (exact) mass is 333 g/mol. The van der Waals surface area contributed by atoms with E-state index in [-0.39, 0.29) is 23.0 Å². The highest BCUT2D eigenvalue weighted by atomic mass is 35.5. The van der Waals surface area contributed by atoms with Crippen molar-refractivity contribution in [2.45, 2.75) is 46.7 Å². The molecule has 0 saturated carbocycles. The zero-order chi connectivity index (χ0) is 15.8. The highest BCUT2D eigenvalue weighted by Crippen LogP contribution is 2.29. The molecule has 1 saturated heterocycles. The molecule has 1 aromatic rings. The topological polar surface area (TPSA) is 64.0 Å². The van der Waals surface area contributed by atoms with E-state index in [0.717, 1.165) is 17.8 Å². The summed E-state index contributed by atoms with van der Waals surface area (Å²) >= 11 is 6.42. The lowest BCUT2D eigenvalue weighted by molar-refractivity contribution is 0.379. The summed E-state index contributed by atoms with van der Waals surface area (Å²) in [4.78, 5) is 0. The average molecular weight is 334 g/mol. The van der Waals surface area contributed by atoms with E-state index in [0.29, 0.717) is 18.1 Å². The molecule has 0 radical (unpaired) electrons. The molecule has 1 fully saturated rings. The third kappa shape index (κ3) is 4.20. The minimum Gasteiger partial charge on any atom is -0.312 e. The molecule has 7 heteroatoms. The SMILES string of the molecule is Cc1nn([C@H]2CCS(=O)(=O)C2)c(Cl)c1CNCC(C)(C)C. The van der Waals surface area contributed by atoms with Gasteiger partial charge in [-0.1, -0.05) is 32.4 Å². The Hall–Kier alpha value is -0.590. The molecule has 0 aliphatic carbocycles. The number of nitrogens with zero attached hydrogens (tertiary/aromatic N) is 2. The molecular formula is C14H24ClN3O2S. The van der Waals surface area contributed by atoms with E-state index in [1.165, 1.54) is 0 Å². The Bertz CT molecular complexity index is 617. The molecule has 0 unspecified atom stereocenters. The van der Waals surface area contributed by atoms with Crippen LogP contribution in [0.2, 0.25) is 5.15 Å². The van der Waals surface area contributed by atoms with Gasteiger partial charge in [-0.15, -0.1) is 0 Å². The van der Waals surface area contributed by atoms with Gasteiger partial charge in [-0.05, 0) is 18.8 Å². The molecule has 0 aromatic carbocycles. The van der Waals surface area contributed by atoms with Crippen LogP contribution in [0.4, 0.5) is 0 Å². The van der Waals surface area contributed by atoms with E-state index in [1.807, 2.05) is 6.92 Å². The van der Waals surface area contributed by atoms with Crippen molar-refractivity contribution in [3.8, 4) is 0 Å². The number of hydrogen-bond donors (Lipinski definition) is 1. The molecule has 0 bridgehead atoms. The second-order valence-electron chi connectivity index (χ2n) is 7.02. The lowest BCUT2D eigenvalue weighted by Gasteiger charge is -2.18. The van der Waals surface area contributed by atoms with Gasteiger partial charge in [0.2, 0.25) is 0 Å². The molecule has 1 aliphatic heterocycles. The van der Waals surface area contributed by atoms with Crippen LogP contribution >= 0.6 is 11.6 Å². The fourth-order valence-electron chi connectivity index (χ4n) is 2.53. The Morgan fingerprint density at radius 1 is 1.43 bits per heavy atom. The van der Waals surface area contributed by atoms with E-state index in [4.69, 9.17) is 11.6 Å². The Labute approximate surface area is 132 Å². The normalized spacial score (nSPS) is 21.9. The summed E-state index contributed by atoms with van der Waals surface area (Å²) in [6.07, 6.45) is 0.595. The maximum absolute atomic E-state index is 11.6. The predicted molar refractivity (Wildman–Crippen MR) is 85.4 cm³/mol. The lowest BCUT2D eigenvalue weighted by atomic mass is 9.97. The Morgan fingerprint density at radius 2 is 2.10 bits per heavy atom. The summed E-state index contributed by atoms with van der Waals surface area (Å²) in [6, 6.07) is -0.127. The molecule has 5 nitrogen and oxygen atoms in total. The fourth-order valence-corrected chi connectivity index (χ4v) is 4.60. The fraction of sp³-hybridized carbons (Fsp3) is 0.786. The molecule has 1 aromatic heterocycles. The predicted octanol–water partition coefficient (Wildman–Crippen LogP) is 2.34. The lowest BCUT2D eigenvalue weighted by Crippen LogP contribution is -2.26. The maximum atomic E-state index is 11.6. The number of sulfone groups is 1. The smallest absolute Gasteiger partial charge is 0.152 e. The van der Waals surface area contributed by atoms with Gasteiger partial charge in [-0.25, -0.2) is 13.1 Å². The summed E-state index contributed by atoms with van der Waals surface area (Å²) in [5, 5.41) is 8.41. The molecule has 1 aliphatic rings. The molecular weight excluding hydrogens is 310 g/mol. The van der Waals surface area contributed by atoms with Gasteiger partial charge in [0.1, 0.15) is 5.15 Å². The van der Waals surface area contributed by atoms with E-state index in [2.05, 4.69) is 31.2 Å². The summed E-state index contributed by atoms with van der Waals surface area (Å²) in [7, 11) is -2.94. The minimum atomic E-state index is -2.94. The largest absolute Gasteiger partial charge is 0.312 e. The van der Waals surface area contributed by atoms with Gasteiger partial charge in [-0.3, -0.25) is 0 Å². The summed E-state index contributed by atoms with van der Waals surface area (Å²) in [5.74, 6) is 0.368. The van der Waals surface area contributed by atoms with Crippen LogP contribution in [0.15, 0.2) is 0 Å². The molecule has 0 amide bonds. The molecule has 21 heavy (non-hydrogen) atoms. The number of aryl methyl sites for hydroxylation is 1. The summed E-state index contributed by atoms with van der Waals surface area (Å²) in [5.41, 5.74) is 2.03. The first-order valence-electron chi connectivity index (χ1n) is 7.24. The van der Waals surface area contributed by atoms with E-state index >= 15 is 0 Å². The van der Waals surface area contributed by atoms with Crippen molar-refractivity contribution in [1.29, 1.82) is 0 Å². The first-order chi connectivity index (χ1) is 9.59. The summed E-state index contributed by atoms with van der Waals surface area (Å²) < 4.78 is 24.9. The van der Waals surface area contributed by atoms with Crippen LogP contribution in [-0.4, -0.2) is 36.2 Å².